The summed E-state index contributed by atoms with van der Waals surface area (Å²) in [5, 5.41) is 8.72. The molecule has 2 aromatic carbocycles. The number of fused-ring (bicyclic) bond motifs is 1. The van der Waals surface area contributed by atoms with Crippen molar-refractivity contribution in [1.29, 1.82) is 0 Å². The Labute approximate surface area is 210 Å². The Morgan fingerprint density at radius 1 is 1.23 bits per heavy atom. The lowest BCUT2D eigenvalue weighted by Crippen LogP contribution is -2.33. The summed E-state index contributed by atoms with van der Waals surface area (Å²) >= 11 is 6.06. The van der Waals surface area contributed by atoms with Gasteiger partial charge >= 0.3 is 0 Å². The highest BCUT2D eigenvalue weighted by molar-refractivity contribution is 7.92. The van der Waals surface area contributed by atoms with Gasteiger partial charge in [0.1, 0.15) is 5.69 Å². The van der Waals surface area contributed by atoms with Gasteiger partial charge < -0.3 is 10.1 Å². The maximum atomic E-state index is 12.9. The summed E-state index contributed by atoms with van der Waals surface area (Å²) in [5.74, 6) is 0.00227. The summed E-state index contributed by atoms with van der Waals surface area (Å²) in [6.45, 7) is 1.16. The van der Waals surface area contributed by atoms with E-state index in [2.05, 4.69) is 5.32 Å². The number of nitrogens with zero attached hydrogens (tertiary/aromatic N) is 3. The second-order valence-corrected chi connectivity index (χ2v) is 11.6. The predicted molar refractivity (Wildman–Crippen MR) is 137 cm³/mol. The zero-order valence-corrected chi connectivity index (χ0v) is 21.4. The number of aromatic nitrogens is 2. The molecule has 5 rings (SSSR count). The number of nitrogens with one attached hydrogen (secondary N) is 1. The predicted octanol–water partition coefficient (Wildman–Crippen LogP) is 4.25. The molecule has 1 saturated heterocycles. The zero-order valence-electron chi connectivity index (χ0n) is 19.8. The maximum Gasteiger partial charge on any atom is 0.270 e. The summed E-state index contributed by atoms with van der Waals surface area (Å²) in [7, 11) is -1.93. The molecular formula is C25H29ClN4O4S. The zero-order chi connectivity index (χ0) is 24.7. The summed E-state index contributed by atoms with van der Waals surface area (Å²) in [6.07, 6.45) is 6.03. The number of halogens is 1. The average Bonchev–Trinajstić information content (AvgIpc) is 3.57. The molecule has 186 valence electrons. The number of anilines is 1. The molecule has 0 spiro atoms. The number of ether oxygens (including phenoxy) is 1. The number of hydrogen-bond acceptors (Lipinski definition) is 5. The van der Waals surface area contributed by atoms with Crippen LogP contribution in [0.25, 0.3) is 16.6 Å². The van der Waals surface area contributed by atoms with Crippen molar-refractivity contribution in [2.45, 2.75) is 44.1 Å². The third-order valence-electron chi connectivity index (χ3n) is 6.70. The Morgan fingerprint density at radius 3 is 2.51 bits per heavy atom. The van der Waals surface area contributed by atoms with Crippen LogP contribution in [0.5, 0.6) is 0 Å². The van der Waals surface area contributed by atoms with E-state index in [1.807, 2.05) is 12.1 Å². The maximum absolute atomic E-state index is 12.9. The quantitative estimate of drug-likeness (QED) is 0.459. The lowest BCUT2D eigenvalue weighted by atomic mass is 10.0. The van der Waals surface area contributed by atoms with Gasteiger partial charge in [0.2, 0.25) is 10.0 Å². The van der Waals surface area contributed by atoms with Gasteiger partial charge in [-0.05, 0) is 80.0 Å². The minimum atomic E-state index is -3.52. The summed E-state index contributed by atoms with van der Waals surface area (Å²) in [6, 6.07) is 10.9. The Balaban J connectivity index is 1.63. The van der Waals surface area contributed by atoms with Crippen LogP contribution in [0.2, 0.25) is 5.02 Å². The van der Waals surface area contributed by atoms with E-state index >= 15 is 0 Å². The SMILES string of the molecule is CNC(=O)c1c2cc(C3CC3)c(N(CCCC3CCO3)S(C)(=O)=O)cc2nn1-c1ccc(Cl)cc1. The van der Waals surface area contributed by atoms with E-state index in [1.165, 1.54) is 10.6 Å². The van der Waals surface area contributed by atoms with Crippen molar-refractivity contribution in [2.75, 3.05) is 30.8 Å². The van der Waals surface area contributed by atoms with Crippen LogP contribution in [-0.4, -0.2) is 56.7 Å². The topological polar surface area (TPSA) is 93.5 Å². The van der Waals surface area contributed by atoms with Crippen molar-refractivity contribution in [3.8, 4) is 5.69 Å². The molecule has 1 N–H and O–H groups in total. The molecule has 1 unspecified atom stereocenters. The van der Waals surface area contributed by atoms with Crippen molar-refractivity contribution >= 4 is 44.1 Å². The molecule has 1 aromatic heterocycles. The summed E-state index contributed by atoms with van der Waals surface area (Å²) in [4.78, 5) is 12.9. The minimum Gasteiger partial charge on any atom is -0.378 e. The van der Waals surface area contributed by atoms with E-state index in [4.69, 9.17) is 21.4 Å². The van der Waals surface area contributed by atoms with Crippen LogP contribution in [0, 0.1) is 0 Å². The van der Waals surface area contributed by atoms with Gasteiger partial charge in [0.25, 0.3) is 5.91 Å². The molecule has 35 heavy (non-hydrogen) atoms. The first kappa shape index (κ1) is 24.1. The molecule has 0 radical (unpaired) electrons. The molecule has 1 saturated carbocycles. The largest absolute Gasteiger partial charge is 0.378 e. The van der Waals surface area contributed by atoms with Crippen LogP contribution >= 0.6 is 11.6 Å². The first-order chi connectivity index (χ1) is 16.8. The van der Waals surface area contributed by atoms with Crippen LogP contribution in [0.3, 0.4) is 0 Å². The Hall–Kier alpha value is -2.62. The van der Waals surface area contributed by atoms with Crippen LogP contribution < -0.4 is 9.62 Å². The normalized spacial score (nSPS) is 17.9. The Morgan fingerprint density at radius 2 is 1.94 bits per heavy atom. The molecule has 2 heterocycles. The number of sulfonamides is 1. The van der Waals surface area contributed by atoms with Crippen molar-refractivity contribution in [3.63, 3.8) is 0 Å². The lowest BCUT2D eigenvalue weighted by Gasteiger charge is -2.29. The number of rotatable bonds is 9. The van der Waals surface area contributed by atoms with Crippen molar-refractivity contribution in [1.82, 2.24) is 15.1 Å². The van der Waals surface area contributed by atoms with Gasteiger partial charge in [0, 0.05) is 30.6 Å². The summed E-state index contributed by atoms with van der Waals surface area (Å²) < 4.78 is 34.4. The van der Waals surface area contributed by atoms with Gasteiger partial charge in [-0.2, -0.15) is 5.10 Å². The monoisotopic (exact) mass is 516 g/mol. The van der Waals surface area contributed by atoms with E-state index in [0.29, 0.717) is 46.0 Å². The molecular weight excluding hydrogens is 488 g/mol. The molecule has 1 atom stereocenters. The smallest absolute Gasteiger partial charge is 0.270 e. The second-order valence-electron chi connectivity index (χ2n) is 9.28. The number of carbonyl (C=O) groups is 1. The highest BCUT2D eigenvalue weighted by atomic mass is 35.5. The van der Waals surface area contributed by atoms with Gasteiger partial charge in [0.15, 0.2) is 0 Å². The fourth-order valence-corrected chi connectivity index (χ4v) is 5.72. The number of amides is 1. The Bertz CT molecular complexity index is 1360. The molecule has 10 heteroatoms. The third kappa shape index (κ3) is 4.90. The minimum absolute atomic E-state index is 0.229. The molecule has 1 aliphatic carbocycles. The van der Waals surface area contributed by atoms with Gasteiger partial charge in [0.05, 0.1) is 29.3 Å². The van der Waals surface area contributed by atoms with Crippen molar-refractivity contribution in [3.05, 3.63) is 52.7 Å². The van der Waals surface area contributed by atoms with Gasteiger partial charge in [-0.25, -0.2) is 13.1 Å². The highest BCUT2D eigenvalue weighted by Crippen LogP contribution is 2.46. The fourth-order valence-electron chi connectivity index (χ4n) is 4.62. The molecule has 2 aliphatic rings. The van der Waals surface area contributed by atoms with E-state index in [-0.39, 0.29) is 17.9 Å². The van der Waals surface area contributed by atoms with E-state index < -0.39 is 10.0 Å². The van der Waals surface area contributed by atoms with Crippen LogP contribution in [-0.2, 0) is 14.8 Å². The summed E-state index contributed by atoms with van der Waals surface area (Å²) in [5.41, 5.74) is 3.27. The molecule has 3 aromatic rings. The number of carbonyl (C=O) groups excluding carboxylic acids is 1. The Kier molecular flexibility index (Phi) is 6.50. The number of hydrogen-bond donors (Lipinski definition) is 1. The molecule has 2 fully saturated rings. The van der Waals surface area contributed by atoms with Crippen LogP contribution in [0.1, 0.15) is 54.1 Å². The lowest BCUT2D eigenvalue weighted by molar-refractivity contribution is -0.0549. The van der Waals surface area contributed by atoms with Crippen LogP contribution in [0.4, 0.5) is 5.69 Å². The standard InChI is InChI=1S/C25H29ClN4O4S/c1-27-25(31)24-21-14-20(16-5-6-16)23(29(35(2,32)33)12-3-4-19-11-13-34-19)15-22(21)28-30(24)18-9-7-17(26)8-10-18/h7-10,14-16,19H,3-6,11-13H2,1-2H3,(H,27,31). The molecule has 0 bridgehead atoms. The van der Waals surface area contributed by atoms with E-state index in [1.54, 1.807) is 36.0 Å². The molecule has 1 amide bonds. The number of benzene rings is 2. The van der Waals surface area contributed by atoms with Gasteiger partial charge in [-0.1, -0.05) is 11.6 Å². The van der Waals surface area contributed by atoms with Crippen molar-refractivity contribution in [2.24, 2.45) is 0 Å². The highest BCUT2D eigenvalue weighted by Gasteiger charge is 2.32. The molecule has 1 aliphatic heterocycles. The first-order valence-electron chi connectivity index (χ1n) is 11.9. The van der Waals surface area contributed by atoms with Gasteiger partial charge in [-0.3, -0.25) is 9.10 Å². The first-order valence-corrected chi connectivity index (χ1v) is 14.1. The second kappa shape index (κ2) is 9.44. The van der Waals surface area contributed by atoms with E-state index in [0.717, 1.165) is 37.9 Å². The van der Waals surface area contributed by atoms with E-state index in [9.17, 15) is 13.2 Å². The van der Waals surface area contributed by atoms with Crippen molar-refractivity contribution < 1.29 is 17.9 Å². The molecule has 8 nitrogen and oxygen atoms in total. The third-order valence-corrected chi connectivity index (χ3v) is 8.13. The fraction of sp³-hybridized carbons (Fsp3) is 0.440. The van der Waals surface area contributed by atoms with Crippen LogP contribution in [0.15, 0.2) is 36.4 Å². The average molecular weight is 517 g/mol. The van der Waals surface area contributed by atoms with Gasteiger partial charge in [-0.15, -0.1) is 0 Å².